The Balaban J connectivity index is 1.41. The number of hydrogen-bond acceptors (Lipinski definition) is 5. The molecule has 33 heavy (non-hydrogen) atoms. The van der Waals surface area contributed by atoms with E-state index in [9.17, 15) is 9.59 Å². The Morgan fingerprint density at radius 2 is 1.85 bits per heavy atom. The molecule has 0 bridgehead atoms. The van der Waals surface area contributed by atoms with Crippen LogP contribution in [0.5, 0.6) is 11.5 Å². The van der Waals surface area contributed by atoms with Crippen LogP contribution in [0.3, 0.4) is 0 Å². The van der Waals surface area contributed by atoms with Crippen molar-refractivity contribution in [3.05, 3.63) is 99.1 Å². The summed E-state index contributed by atoms with van der Waals surface area (Å²) in [6.45, 7) is 3.93. The molecule has 0 aliphatic heterocycles. The number of aromatic nitrogens is 2. The van der Waals surface area contributed by atoms with Crippen LogP contribution in [0.1, 0.15) is 16.8 Å². The number of halogens is 1. The molecule has 2 heterocycles. The normalized spacial score (nSPS) is 10.8. The van der Waals surface area contributed by atoms with E-state index < -0.39 is 0 Å². The highest BCUT2D eigenvalue weighted by atomic mass is 35.5. The summed E-state index contributed by atoms with van der Waals surface area (Å²) in [7, 11) is 0. The molecule has 0 aliphatic rings. The van der Waals surface area contributed by atoms with E-state index >= 15 is 0 Å². The first-order valence-corrected chi connectivity index (χ1v) is 10.7. The van der Waals surface area contributed by atoms with Crippen LogP contribution < -0.4 is 20.3 Å². The number of nitrogens with zero attached hydrogens (tertiary/aromatic N) is 2. The van der Waals surface area contributed by atoms with E-state index in [0.29, 0.717) is 33.6 Å². The number of benzene rings is 2. The Labute approximate surface area is 195 Å². The van der Waals surface area contributed by atoms with Gasteiger partial charge in [0.25, 0.3) is 11.5 Å². The third-order valence-corrected chi connectivity index (χ3v) is 5.29. The van der Waals surface area contributed by atoms with Crippen molar-refractivity contribution >= 4 is 28.8 Å². The van der Waals surface area contributed by atoms with E-state index in [1.165, 1.54) is 16.7 Å². The Morgan fingerprint density at radius 1 is 1.03 bits per heavy atom. The summed E-state index contributed by atoms with van der Waals surface area (Å²) < 4.78 is 12.8. The van der Waals surface area contributed by atoms with Gasteiger partial charge in [0.05, 0.1) is 16.4 Å². The second-order valence-electron chi connectivity index (χ2n) is 7.53. The fourth-order valence-electron chi connectivity index (χ4n) is 3.19. The molecule has 7 nitrogen and oxygen atoms in total. The average molecular weight is 464 g/mol. The van der Waals surface area contributed by atoms with E-state index in [-0.39, 0.29) is 24.7 Å². The highest BCUT2D eigenvalue weighted by molar-refractivity contribution is 6.30. The van der Waals surface area contributed by atoms with Gasteiger partial charge >= 0.3 is 0 Å². The van der Waals surface area contributed by atoms with Crippen LogP contribution in [0, 0.1) is 13.8 Å². The number of carbonyl (C=O) groups excluding carboxylic acids is 1. The Bertz CT molecular complexity index is 1380. The van der Waals surface area contributed by atoms with Gasteiger partial charge in [-0.1, -0.05) is 29.8 Å². The molecule has 0 spiro atoms. The number of amides is 1. The Morgan fingerprint density at radius 3 is 2.67 bits per heavy atom. The SMILES string of the molecule is Cc1ccc(OCC(=O)Nc2ccccc2OCc2cc(=O)n3cc(Cl)ccc3n2)cc1C. The predicted octanol–water partition coefficient (Wildman–Crippen LogP) is 4.56. The molecule has 2 aromatic heterocycles. The molecule has 0 atom stereocenters. The first-order chi connectivity index (χ1) is 15.9. The van der Waals surface area contributed by atoms with Gasteiger partial charge in [0.2, 0.25) is 0 Å². The van der Waals surface area contributed by atoms with Crippen molar-refractivity contribution in [2.24, 2.45) is 0 Å². The quantitative estimate of drug-likeness (QED) is 0.434. The molecule has 0 saturated heterocycles. The summed E-state index contributed by atoms with van der Waals surface area (Å²) in [4.78, 5) is 29.2. The summed E-state index contributed by atoms with van der Waals surface area (Å²) in [6, 6.07) is 17.4. The molecule has 4 rings (SSSR count). The van der Waals surface area contributed by atoms with Crippen molar-refractivity contribution in [1.29, 1.82) is 0 Å². The first kappa shape index (κ1) is 22.4. The van der Waals surface area contributed by atoms with Crippen molar-refractivity contribution in [2.75, 3.05) is 11.9 Å². The lowest BCUT2D eigenvalue weighted by Gasteiger charge is -2.13. The van der Waals surface area contributed by atoms with Crippen LogP contribution in [-0.2, 0) is 11.4 Å². The lowest BCUT2D eigenvalue weighted by atomic mass is 10.1. The lowest BCUT2D eigenvalue weighted by Crippen LogP contribution is -2.20. The smallest absolute Gasteiger partial charge is 0.262 e. The van der Waals surface area contributed by atoms with Crippen molar-refractivity contribution in [3.63, 3.8) is 0 Å². The molecule has 0 saturated carbocycles. The minimum absolute atomic E-state index is 0.0559. The number of pyridine rings is 1. The van der Waals surface area contributed by atoms with E-state index in [1.54, 1.807) is 36.4 Å². The van der Waals surface area contributed by atoms with Gasteiger partial charge in [0.15, 0.2) is 6.61 Å². The molecule has 0 radical (unpaired) electrons. The fourth-order valence-corrected chi connectivity index (χ4v) is 3.35. The maximum Gasteiger partial charge on any atom is 0.262 e. The molecule has 2 aromatic carbocycles. The number of para-hydroxylation sites is 2. The van der Waals surface area contributed by atoms with Gasteiger partial charge in [-0.2, -0.15) is 0 Å². The zero-order valence-electron chi connectivity index (χ0n) is 18.2. The first-order valence-electron chi connectivity index (χ1n) is 10.3. The number of hydrogen-bond donors (Lipinski definition) is 1. The highest BCUT2D eigenvalue weighted by Crippen LogP contribution is 2.25. The summed E-state index contributed by atoms with van der Waals surface area (Å²) in [5.41, 5.74) is 3.42. The minimum atomic E-state index is -0.316. The Kier molecular flexibility index (Phi) is 6.60. The van der Waals surface area contributed by atoms with Crippen molar-refractivity contribution in [3.8, 4) is 11.5 Å². The molecule has 4 aromatic rings. The minimum Gasteiger partial charge on any atom is -0.485 e. The molecule has 168 valence electrons. The van der Waals surface area contributed by atoms with Gasteiger partial charge in [-0.25, -0.2) is 4.98 Å². The number of nitrogens with one attached hydrogen (secondary N) is 1. The van der Waals surface area contributed by atoms with Gasteiger partial charge in [-0.05, 0) is 61.4 Å². The van der Waals surface area contributed by atoms with E-state index in [2.05, 4.69) is 10.3 Å². The van der Waals surface area contributed by atoms with Crippen molar-refractivity contribution < 1.29 is 14.3 Å². The van der Waals surface area contributed by atoms with Crippen LogP contribution in [-0.4, -0.2) is 21.9 Å². The van der Waals surface area contributed by atoms with E-state index in [1.807, 2.05) is 32.0 Å². The van der Waals surface area contributed by atoms with Crippen molar-refractivity contribution in [1.82, 2.24) is 9.38 Å². The van der Waals surface area contributed by atoms with Crippen LogP contribution in [0.15, 0.2) is 71.7 Å². The van der Waals surface area contributed by atoms with E-state index in [0.717, 1.165) is 11.1 Å². The largest absolute Gasteiger partial charge is 0.485 e. The monoisotopic (exact) mass is 463 g/mol. The molecule has 0 fully saturated rings. The fraction of sp³-hybridized carbons (Fsp3) is 0.160. The zero-order valence-corrected chi connectivity index (χ0v) is 18.9. The van der Waals surface area contributed by atoms with Gasteiger partial charge < -0.3 is 14.8 Å². The van der Waals surface area contributed by atoms with Crippen LogP contribution in [0.2, 0.25) is 5.02 Å². The number of fused-ring (bicyclic) bond motifs is 1. The summed E-state index contributed by atoms with van der Waals surface area (Å²) in [6.07, 6.45) is 1.52. The zero-order chi connectivity index (χ0) is 23.4. The van der Waals surface area contributed by atoms with Crippen LogP contribution in [0.4, 0.5) is 5.69 Å². The van der Waals surface area contributed by atoms with Gasteiger partial charge in [0.1, 0.15) is 23.8 Å². The lowest BCUT2D eigenvalue weighted by molar-refractivity contribution is -0.118. The second-order valence-corrected chi connectivity index (χ2v) is 7.97. The second kappa shape index (κ2) is 9.75. The standard InChI is InChI=1S/C25H22ClN3O4/c1-16-7-9-20(11-17(16)2)32-15-24(30)28-21-5-3-4-6-22(21)33-14-19-12-25(31)29-13-18(26)8-10-23(29)27-19/h3-13H,14-15H2,1-2H3,(H,28,30). The maximum absolute atomic E-state index is 12.4. The number of aryl methyl sites for hydroxylation is 2. The van der Waals surface area contributed by atoms with Crippen LogP contribution in [0.25, 0.3) is 5.65 Å². The van der Waals surface area contributed by atoms with Gasteiger partial charge in [-0.3, -0.25) is 14.0 Å². The number of anilines is 1. The predicted molar refractivity (Wildman–Crippen MR) is 127 cm³/mol. The molecule has 0 aliphatic carbocycles. The van der Waals surface area contributed by atoms with Crippen LogP contribution >= 0.6 is 11.6 Å². The number of rotatable bonds is 7. The average Bonchev–Trinajstić information content (AvgIpc) is 2.80. The van der Waals surface area contributed by atoms with Gasteiger partial charge in [-0.15, -0.1) is 0 Å². The van der Waals surface area contributed by atoms with Gasteiger partial charge in [0, 0.05) is 12.3 Å². The summed E-state index contributed by atoms with van der Waals surface area (Å²) in [5.74, 6) is 0.770. The molecular weight excluding hydrogens is 442 g/mol. The third kappa shape index (κ3) is 5.51. The maximum atomic E-state index is 12.4. The highest BCUT2D eigenvalue weighted by Gasteiger charge is 2.10. The summed E-state index contributed by atoms with van der Waals surface area (Å²) >= 11 is 5.95. The van der Waals surface area contributed by atoms with E-state index in [4.69, 9.17) is 21.1 Å². The summed E-state index contributed by atoms with van der Waals surface area (Å²) in [5, 5.41) is 3.25. The molecule has 1 amide bonds. The molecular formula is C25H22ClN3O4. The topological polar surface area (TPSA) is 81.9 Å². The number of carbonyl (C=O) groups is 1. The molecule has 1 N–H and O–H groups in total. The van der Waals surface area contributed by atoms with Crippen molar-refractivity contribution in [2.45, 2.75) is 20.5 Å². The molecule has 0 unspecified atom stereocenters. The number of ether oxygens (including phenoxy) is 2. The molecule has 8 heteroatoms. The Hall–Kier alpha value is -3.84. The third-order valence-electron chi connectivity index (χ3n) is 5.06.